The summed E-state index contributed by atoms with van der Waals surface area (Å²) in [5.74, 6) is 3.03. The number of benzene rings is 12. The number of nitrogens with two attached hydrogens (primary N) is 1. The molecule has 9 N–H and O–H groups in total. The van der Waals surface area contributed by atoms with E-state index in [-0.39, 0.29) is 29.0 Å². The van der Waals surface area contributed by atoms with E-state index in [1.807, 2.05) is 196 Å². The van der Waals surface area contributed by atoms with Crippen LogP contribution in [0, 0.1) is 47.2 Å². The number of H-pyrrole nitrogens is 7. The number of fused-ring (bicyclic) bond motifs is 3. The van der Waals surface area contributed by atoms with Gasteiger partial charge in [0.2, 0.25) is 0 Å². The fraction of sp³-hybridized carbons (Fsp3) is 0.0426. The summed E-state index contributed by atoms with van der Waals surface area (Å²) in [7, 11) is 3.22. The van der Waals surface area contributed by atoms with Crippen molar-refractivity contribution in [1.29, 1.82) is 0 Å². The first-order chi connectivity index (χ1) is 56.1. The van der Waals surface area contributed by atoms with Gasteiger partial charge in [-0.05, 0) is 172 Å². The monoisotopic (exact) mass is 1520 g/mol. The lowest BCUT2D eigenvalue weighted by Gasteiger charge is -2.08. The van der Waals surface area contributed by atoms with Gasteiger partial charge in [0.05, 0.1) is 70.3 Å². The number of nitro benzene ring substituents is 1. The minimum atomic E-state index is -0.410. The van der Waals surface area contributed by atoms with Crippen molar-refractivity contribution in [3.63, 3.8) is 0 Å². The summed E-state index contributed by atoms with van der Waals surface area (Å²) < 4.78 is 64.6. The number of methoxy groups -OCH3 is 2. The zero-order valence-corrected chi connectivity index (χ0v) is 62.3. The van der Waals surface area contributed by atoms with E-state index in [1.165, 1.54) is 54.6 Å². The zero-order valence-electron chi connectivity index (χ0n) is 62.3. The molecule has 0 aliphatic rings. The highest BCUT2D eigenvalue weighted by atomic mass is 19.1. The minimum absolute atomic E-state index is 0.0151. The quantitative estimate of drug-likeness (QED) is 0.0210. The van der Waals surface area contributed by atoms with Crippen molar-refractivity contribution in [2.75, 3.05) is 20.0 Å². The van der Waals surface area contributed by atoms with Crippen molar-refractivity contribution in [2.45, 2.75) is 13.8 Å². The number of nitrogens with zero attached hydrogens (tertiary/aromatic N) is 5. The Labute approximate surface area is 656 Å². The van der Waals surface area contributed by atoms with E-state index in [2.05, 4.69) is 41.0 Å². The Bertz CT molecular complexity index is 6660. The van der Waals surface area contributed by atoms with Crippen LogP contribution in [0.25, 0.3) is 168 Å². The van der Waals surface area contributed by atoms with Gasteiger partial charge >= 0.3 is 0 Å². The third kappa shape index (κ3) is 15.6. The van der Waals surface area contributed by atoms with Gasteiger partial charge in [0, 0.05) is 135 Å². The Balaban J connectivity index is 0.000000115. The molecular weight excluding hydrogens is 1450 g/mol. The molecule has 0 amide bonds. The molecule has 564 valence electrons. The van der Waals surface area contributed by atoms with Gasteiger partial charge in [0.1, 0.15) is 58.1 Å². The molecule has 7 aromatic heterocycles. The Morgan fingerprint density at radius 1 is 0.357 bits per heavy atom. The average Bonchev–Trinajstić information content (AvgIpc) is 1.84. The highest BCUT2D eigenvalue weighted by molar-refractivity contribution is 6.00. The predicted octanol–water partition coefficient (Wildman–Crippen LogP) is 23.8. The van der Waals surface area contributed by atoms with Crippen molar-refractivity contribution in [1.82, 2.24) is 54.8 Å². The van der Waals surface area contributed by atoms with Crippen molar-refractivity contribution in [2.24, 2.45) is 0 Å². The third-order valence-corrected chi connectivity index (χ3v) is 19.7. The number of imidazole rings is 4. The lowest BCUT2D eigenvalue weighted by molar-refractivity contribution is -0.384. The number of aromatic nitrogens is 11. The number of non-ortho nitro benzene ring substituents is 1. The molecule has 0 unspecified atom stereocenters. The lowest BCUT2D eigenvalue weighted by atomic mass is 10.1. The Morgan fingerprint density at radius 2 is 0.730 bits per heavy atom. The number of halogens is 4. The van der Waals surface area contributed by atoms with Crippen molar-refractivity contribution in [3.8, 4) is 147 Å². The highest BCUT2D eigenvalue weighted by Crippen LogP contribution is 2.43. The topological polar surface area (TPSA) is 250 Å². The van der Waals surface area contributed by atoms with E-state index in [4.69, 9.17) is 35.1 Å². The zero-order chi connectivity index (χ0) is 79.2. The van der Waals surface area contributed by atoms with Gasteiger partial charge < -0.3 is 50.1 Å². The molecule has 7 heterocycles. The van der Waals surface area contributed by atoms with Crippen LogP contribution in [0.3, 0.4) is 0 Å². The number of nitrogens with one attached hydrogen (secondary N) is 7. The largest absolute Gasteiger partial charge is 0.497 e. The number of hydrogen-bond donors (Lipinski definition) is 8. The number of rotatable bonds is 15. The molecule has 0 saturated carbocycles. The maximum atomic E-state index is 13.5. The van der Waals surface area contributed by atoms with Crippen LogP contribution in [0.4, 0.5) is 28.9 Å². The third-order valence-electron chi connectivity index (χ3n) is 19.7. The number of nitrogen functional groups attached to an aromatic ring is 1. The summed E-state index contributed by atoms with van der Waals surface area (Å²) in [6.07, 6.45) is 1.93. The highest BCUT2D eigenvalue weighted by Gasteiger charge is 2.25. The predicted molar refractivity (Wildman–Crippen MR) is 449 cm³/mol. The summed E-state index contributed by atoms with van der Waals surface area (Å²) in [5, 5.41) is 14.2. The molecule has 19 aromatic rings. The van der Waals surface area contributed by atoms with Gasteiger partial charge in [-0.25, -0.2) is 37.5 Å². The van der Waals surface area contributed by atoms with E-state index >= 15 is 0 Å². The lowest BCUT2D eigenvalue weighted by Crippen LogP contribution is -1.91. The number of hydrogen-bond acceptors (Lipinski definition) is 9. The van der Waals surface area contributed by atoms with Crippen LogP contribution < -0.4 is 15.2 Å². The fourth-order valence-electron chi connectivity index (χ4n) is 14.1. The number of aryl methyl sites for hydroxylation is 2. The Hall–Kier alpha value is -15.4. The summed E-state index contributed by atoms with van der Waals surface area (Å²) in [5.41, 5.74) is 28.9. The molecule has 0 fully saturated rings. The molecule has 0 saturated heterocycles. The summed E-state index contributed by atoms with van der Waals surface area (Å²) >= 11 is 0. The normalized spacial score (nSPS) is 11.1. The standard InChI is InChI=1S/C24H17FN4O2.C24H19FN4.C23H16FN3.C23H19FN2O2/c1-14-21(19-13-18(29(30)31)11-12-20(19)26-14)24-27-22(15-5-3-2-4-6-15)23(28-24)16-7-9-17(25)10-8-16;1-14-21(19-13-18(26)11-12-20(19)27-14)24-28-22(15-5-3-2-4-6-15)23(29-24)16-7-9-17(25)10-8-16;24-19-9-6-16(7-10-19)22-21(15-4-2-1-3-5-15)26-23(27-22)18-8-11-20-17(14-18)12-13-25-20;1-27-18-12-13-19(20(14-18)28-2)23-25-21(15-6-4-3-5-7-15)22(26-23)16-8-10-17(24)11-9-16/h2-13,26H,1H3,(H,27,28);2-13,27H,26H2,1H3,(H,28,29);1-14,25H,(H,26,27);3-14H,1-2H3,(H,25,26). The molecule has 0 bridgehead atoms. The van der Waals surface area contributed by atoms with Gasteiger partial charge in [-0.1, -0.05) is 121 Å². The van der Waals surface area contributed by atoms with Crippen LogP contribution in [-0.4, -0.2) is 74.0 Å². The van der Waals surface area contributed by atoms with Crippen molar-refractivity contribution in [3.05, 3.63) is 348 Å². The Kier molecular flexibility index (Phi) is 20.7. The molecule has 0 aliphatic heterocycles. The first kappa shape index (κ1) is 73.7. The molecule has 19 rings (SSSR count). The molecule has 17 nitrogen and oxygen atoms in total. The van der Waals surface area contributed by atoms with E-state index < -0.39 is 4.92 Å². The van der Waals surface area contributed by atoms with Crippen LogP contribution in [-0.2, 0) is 0 Å². The summed E-state index contributed by atoms with van der Waals surface area (Å²) in [6, 6.07) is 89.5. The van der Waals surface area contributed by atoms with Gasteiger partial charge in [-0.15, -0.1) is 0 Å². The maximum absolute atomic E-state index is 13.5. The van der Waals surface area contributed by atoms with Crippen LogP contribution in [0.2, 0.25) is 0 Å². The fourth-order valence-corrected chi connectivity index (χ4v) is 14.1. The second-order valence-electron chi connectivity index (χ2n) is 27.1. The molecule has 21 heteroatoms. The van der Waals surface area contributed by atoms with Gasteiger partial charge in [-0.3, -0.25) is 10.1 Å². The maximum Gasteiger partial charge on any atom is 0.270 e. The number of ether oxygens (including phenoxy) is 2. The van der Waals surface area contributed by atoms with Crippen LogP contribution in [0.5, 0.6) is 11.5 Å². The van der Waals surface area contributed by atoms with E-state index in [9.17, 15) is 27.7 Å². The summed E-state index contributed by atoms with van der Waals surface area (Å²) in [4.78, 5) is 54.0. The minimum Gasteiger partial charge on any atom is -0.497 e. The second kappa shape index (κ2) is 32.3. The average molecular weight is 1520 g/mol. The van der Waals surface area contributed by atoms with Gasteiger partial charge in [-0.2, -0.15) is 0 Å². The first-order valence-corrected chi connectivity index (χ1v) is 36.7. The number of nitro groups is 1. The van der Waals surface area contributed by atoms with E-state index in [0.29, 0.717) is 34.2 Å². The first-order valence-electron chi connectivity index (χ1n) is 36.7. The van der Waals surface area contributed by atoms with E-state index in [0.717, 1.165) is 163 Å². The van der Waals surface area contributed by atoms with Crippen LogP contribution in [0.1, 0.15) is 11.4 Å². The molecule has 115 heavy (non-hydrogen) atoms. The molecule has 0 radical (unpaired) electrons. The molecule has 0 atom stereocenters. The summed E-state index contributed by atoms with van der Waals surface area (Å²) in [6.45, 7) is 3.93. The number of anilines is 1. The number of aromatic amines is 7. The SMILES string of the molecule is COc1ccc(-c2nc(-c3ccccc3)c(-c3ccc(F)cc3)[nH]2)c(OC)c1.Cc1[nH]c2ccc(N)cc2c1-c1nc(-c2ccccc2)c(-c2ccc(F)cc2)[nH]1.Cc1[nH]c2ccc([N+](=O)[O-])cc2c1-c1nc(-c2ccccc2)c(-c2ccc(F)cc2)[nH]1.Fc1ccc(-c2[nH]c(-c3ccc4[nH]ccc4c3)nc2-c2ccccc2)cc1. The van der Waals surface area contributed by atoms with Gasteiger partial charge in [0.15, 0.2) is 0 Å². The molecule has 12 aromatic carbocycles. The van der Waals surface area contributed by atoms with E-state index in [1.54, 1.807) is 74.9 Å². The molecule has 0 spiro atoms. The van der Waals surface area contributed by atoms with Gasteiger partial charge in [0.25, 0.3) is 5.69 Å². The van der Waals surface area contributed by atoms with Crippen molar-refractivity contribution < 1.29 is 32.0 Å². The second-order valence-corrected chi connectivity index (χ2v) is 27.1. The molecule has 0 aliphatic carbocycles. The van der Waals surface area contributed by atoms with Crippen LogP contribution in [0.15, 0.2) is 303 Å². The Morgan fingerprint density at radius 3 is 1.15 bits per heavy atom. The van der Waals surface area contributed by atoms with Crippen LogP contribution >= 0.6 is 0 Å². The smallest absolute Gasteiger partial charge is 0.270 e. The van der Waals surface area contributed by atoms with Crippen molar-refractivity contribution >= 4 is 44.1 Å². The molecular formula is C94H71F4N13O4.